The fourth-order valence-corrected chi connectivity index (χ4v) is 3.69. The first-order valence-corrected chi connectivity index (χ1v) is 8.71. The van der Waals surface area contributed by atoms with Gasteiger partial charge in [-0.15, -0.1) is 12.4 Å². The van der Waals surface area contributed by atoms with Crippen molar-refractivity contribution in [2.45, 2.75) is 56.2 Å². The van der Waals surface area contributed by atoms with E-state index in [1.54, 1.807) is 14.1 Å². The lowest BCUT2D eigenvalue weighted by Gasteiger charge is -2.29. The lowest BCUT2D eigenvalue weighted by Crippen LogP contribution is -2.52. The van der Waals surface area contributed by atoms with Gasteiger partial charge in [0, 0.05) is 26.2 Å². The van der Waals surface area contributed by atoms with Crippen LogP contribution in [0.5, 0.6) is 0 Å². The van der Waals surface area contributed by atoms with Gasteiger partial charge in [0.2, 0.25) is 15.9 Å². The molecule has 0 heterocycles. The molecule has 1 aliphatic carbocycles. The maximum atomic E-state index is 12.1. The number of nitrogens with two attached hydrogens (primary N) is 1. The summed E-state index contributed by atoms with van der Waals surface area (Å²) in [6.07, 6.45) is 6.02. The fourth-order valence-electron chi connectivity index (χ4n) is 2.48. The molecule has 0 spiro atoms. The number of carbonyl (C=O) groups is 1. The van der Waals surface area contributed by atoms with Gasteiger partial charge < -0.3 is 10.6 Å². The Morgan fingerprint density at radius 3 is 2.14 bits per heavy atom. The molecule has 1 amide bonds. The zero-order chi connectivity index (χ0) is 15.4. The van der Waals surface area contributed by atoms with E-state index in [0.717, 1.165) is 38.5 Å². The molecule has 0 aliphatic heterocycles. The molecular formula is C13H28ClN3O3S. The smallest absolute Gasteiger partial charge is 0.241 e. The molecule has 1 saturated carbocycles. The van der Waals surface area contributed by atoms with Crippen molar-refractivity contribution in [3.8, 4) is 0 Å². The fraction of sp³-hybridized carbons (Fsp3) is 0.923. The Kier molecular flexibility index (Phi) is 8.17. The standard InChI is InChI=1S/C13H27N3O3S.ClH/c1-11(12(17)16(2)3)20(18,19)15-10-13(14)8-6-4-5-7-9-13;/h11,15H,4-10,14H2,1-3H3;1H. The monoisotopic (exact) mass is 341 g/mol. The van der Waals surface area contributed by atoms with Crippen LogP contribution in [0.25, 0.3) is 0 Å². The highest BCUT2D eigenvalue weighted by Gasteiger charge is 2.33. The van der Waals surface area contributed by atoms with E-state index in [-0.39, 0.29) is 19.0 Å². The van der Waals surface area contributed by atoms with E-state index in [1.807, 2.05) is 0 Å². The summed E-state index contributed by atoms with van der Waals surface area (Å²) in [4.78, 5) is 13.0. The Hall–Kier alpha value is -0.370. The normalized spacial score (nSPS) is 20.0. The predicted molar refractivity (Wildman–Crippen MR) is 86.9 cm³/mol. The molecule has 0 aromatic heterocycles. The third-order valence-corrected chi connectivity index (χ3v) is 5.66. The zero-order valence-corrected chi connectivity index (χ0v) is 14.7. The van der Waals surface area contributed by atoms with Crippen molar-refractivity contribution in [3.63, 3.8) is 0 Å². The topological polar surface area (TPSA) is 92.5 Å². The molecule has 21 heavy (non-hydrogen) atoms. The lowest BCUT2D eigenvalue weighted by molar-refractivity contribution is -0.127. The van der Waals surface area contributed by atoms with Crippen LogP contribution in [0.4, 0.5) is 0 Å². The number of nitrogens with zero attached hydrogens (tertiary/aromatic N) is 1. The number of rotatable bonds is 5. The Morgan fingerprint density at radius 2 is 1.71 bits per heavy atom. The van der Waals surface area contributed by atoms with Gasteiger partial charge in [0.1, 0.15) is 0 Å². The average molecular weight is 342 g/mol. The van der Waals surface area contributed by atoms with Gasteiger partial charge in [0.25, 0.3) is 0 Å². The number of amides is 1. The maximum Gasteiger partial charge on any atom is 0.241 e. The molecular weight excluding hydrogens is 314 g/mol. The quantitative estimate of drug-likeness (QED) is 0.725. The first-order valence-electron chi connectivity index (χ1n) is 7.16. The van der Waals surface area contributed by atoms with Gasteiger partial charge in [-0.1, -0.05) is 25.7 Å². The Bertz CT molecular complexity index is 432. The number of halogens is 1. The highest BCUT2D eigenvalue weighted by Crippen LogP contribution is 2.24. The van der Waals surface area contributed by atoms with Crippen LogP contribution >= 0.6 is 12.4 Å². The average Bonchev–Trinajstić information content (AvgIpc) is 2.60. The van der Waals surface area contributed by atoms with Crippen LogP contribution in [0, 0.1) is 0 Å². The molecule has 1 aliphatic rings. The third-order valence-electron chi connectivity index (χ3n) is 3.98. The second-order valence-electron chi connectivity index (χ2n) is 6.02. The summed E-state index contributed by atoms with van der Waals surface area (Å²) in [6.45, 7) is 1.61. The van der Waals surface area contributed by atoms with Gasteiger partial charge in [0.05, 0.1) is 0 Å². The van der Waals surface area contributed by atoms with Crippen molar-refractivity contribution in [1.82, 2.24) is 9.62 Å². The second kappa shape index (κ2) is 8.31. The van der Waals surface area contributed by atoms with Crippen molar-refractivity contribution in [3.05, 3.63) is 0 Å². The molecule has 0 aromatic carbocycles. The van der Waals surface area contributed by atoms with Crippen molar-refractivity contribution >= 4 is 28.3 Å². The largest absolute Gasteiger partial charge is 0.348 e. The molecule has 126 valence electrons. The number of nitrogens with one attached hydrogen (secondary N) is 1. The van der Waals surface area contributed by atoms with Gasteiger partial charge in [-0.25, -0.2) is 13.1 Å². The molecule has 1 fully saturated rings. The van der Waals surface area contributed by atoms with Gasteiger partial charge >= 0.3 is 0 Å². The van der Waals surface area contributed by atoms with Gasteiger partial charge in [-0.3, -0.25) is 4.79 Å². The molecule has 6 nitrogen and oxygen atoms in total. The van der Waals surface area contributed by atoms with E-state index >= 15 is 0 Å². The van der Waals surface area contributed by atoms with E-state index in [1.165, 1.54) is 11.8 Å². The molecule has 0 radical (unpaired) electrons. The van der Waals surface area contributed by atoms with E-state index in [0.29, 0.717) is 0 Å². The van der Waals surface area contributed by atoms with Gasteiger partial charge in [-0.05, 0) is 19.8 Å². The van der Waals surface area contributed by atoms with E-state index in [9.17, 15) is 13.2 Å². The Labute approximate surface area is 134 Å². The SMILES string of the molecule is CC(C(=O)N(C)C)S(=O)(=O)NCC1(N)CCCCCC1.Cl. The summed E-state index contributed by atoms with van der Waals surface area (Å²) >= 11 is 0. The van der Waals surface area contributed by atoms with Crippen LogP contribution in [0.2, 0.25) is 0 Å². The maximum absolute atomic E-state index is 12.1. The first kappa shape index (κ1) is 20.6. The minimum absolute atomic E-state index is 0. The minimum atomic E-state index is -3.68. The van der Waals surface area contributed by atoms with Crippen LogP contribution in [0.15, 0.2) is 0 Å². The van der Waals surface area contributed by atoms with Gasteiger partial charge in [0.15, 0.2) is 5.25 Å². The summed E-state index contributed by atoms with van der Waals surface area (Å²) in [7, 11) is -0.584. The van der Waals surface area contributed by atoms with Crippen LogP contribution in [0.3, 0.4) is 0 Å². The Balaban J connectivity index is 0.00000400. The van der Waals surface area contributed by atoms with Crippen LogP contribution in [-0.2, 0) is 14.8 Å². The second-order valence-corrected chi connectivity index (χ2v) is 8.10. The summed E-state index contributed by atoms with van der Waals surface area (Å²) in [5.74, 6) is -0.426. The number of carbonyl (C=O) groups excluding carboxylic acids is 1. The van der Waals surface area contributed by atoms with E-state index in [2.05, 4.69) is 4.72 Å². The lowest BCUT2D eigenvalue weighted by atomic mass is 9.92. The van der Waals surface area contributed by atoms with Crippen molar-refractivity contribution in [2.75, 3.05) is 20.6 Å². The van der Waals surface area contributed by atoms with Gasteiger partial charge in [-0.2, -0.15) is 0 Å². The minimum Gasteiger partial charge on any atom is -0.348 e. The third kappa shape index (κ3) is 6.10. The first-order chi connectivity index (χ1) is 9.18. The molecule has 0 bridgehead atoms. The highest BCUT2D eigenvalue weighted by atomic mass is 35.5. The van der Waals surface area contributed by atoms with Crippen LogP contribution in [0.1, 0.15) is 45.4 Å². The van der Waals surface area contributed by atoms with Crippen molar-refractivity contribution < 1.29 is 13.2 Å². The molecule has 1 unspecified atom stereocenters. The molecule has 3 N–H and O–H groups in total. The summed E-state index contributed by atoms with van der Waals surface area (Å²) in [5, 5.41) is -1.09. The molecule has 1 rings (SSSR count). The van der Waals surface area contributed by atoms with Crippen LogP contribution in [-0.4, -0.2) is 50.7 Å². The Morgan fingerprint density at radius 1 is 1.24 bits per heavy atom. The number of sulfonamides is 1. The summed E-state index contributed by atoms with van der Waals surface area (Å²) in [6, 6.07) is 0. The summed E-state index contributed by atoms with van der Waals surface area (Å²) < 4.78 is 26.8. The summed E-state index contributed by atoms with van der Waals surface area (Å²) in [5.41, 5.74) is 5.80. The molecule has 0 saturated heterocycles. The predicted octanol–water partition coefficient (Wildman–Crippen LogP) is 0.856. The zero-order valence-electron chi connectivity index (χ0n) is 13.1. The molecule has 1 atom stereocenters. The number of hydrogen-bond acceptors (Lipinski definition) is 4. The van der Waals surface area contributed by atoms with Crippen molar-refractivity contribution in [1.29, 1.82) is 0 Å². The molecule has 8 heteroatoms. The van der Waals surface area contributed by atoms with E-state index < -0.39 is 26.7 Å². The van der Waals surface area contributed by atoms with Crippen molar-refractivity contribution in [2.24, 2.45) is 5.73 Å². The highest BCUT2D eigenvalue weighted by molar-refractivity contribution is 7.90. The molecule has 0 aromatic rings. The number of hydrogen-bond donors (Lipinski definition) is 2. The van der Waals surface area contributed by atoms with Crippen LogP contribution < -0.4 is 10.5 Å². The van der Waals surface area contributed by atoms with E-state index in [4.69, 9.17) is 5.73 Å².